The minimum absolute atomic E-state index is 0.0939. The number of aromatic nitrogens is 3. The smallest absolute Gasteiger partial charge is 0.251 e. The lowest BCUT2D eigenvalue weighted by Crippen LogP contribution is -2.41. The van der Waals surface area contributed by atoms with Crippen LogP contribution in [-0.2, 0) is 19.6 Å². The molecule has 5 aromatic rings. The second kappa shape index (κ2) is 8.73. The first kappa shape index (κ1) is 22.9. The van der Waals surface area contributed by atoms with Crippen molar-refractivity contribution in [2.75, 3.05) is 7.11 Å². The topological polar surface area (TPSA) is 75.1 Å². The van der Waals surface area contributed by atoms with Crippen molar-refractivity contribution in [2.45, 2.75) is 5.54 Å². The average Bonchev–Trinajstić information content (AvgIpc) is 3.31. The first-order valence-electron chi connectivity index (χ1n) is 11.1. The van der Waals surface area contributed by atoms with E-state index in [0.717, 1.165) is 44.6 Å². The number of pyridine rings is 1. The predicted octanol–water partition coefficient (Wildman–Crippen LogP) is 4.85. The van der Waals surface area contributed by atoms with Gasteiger partial charge in [0.2, 0.25) is 0 Å². The SMILES string of the molecule is COc1cccc(-c2cc(=O)n(C)c3ccc(C(N)(c4cccc(Cl)c4)c4cncn4C)cc23)c1. The Labute approximate surface area is 208 Å². The highest BCUT2D eigenvalue weighted by Crippen LogP contribution is 2.38. The van der Waals surface area contributed by atoms with Gasteiger partial charge in [0, 0.05) is 30.6 Å². The Kier molecular flexibility index (Phi) is 5.71. The Morgan fingerprint density at radius 3 is 2.46 bits per heavy atom. The molecule has 2 heterocycles. The maximum Gasteiger partial charge on any atom is 0.251 e. The molecule has 0 aliphatic carbocycles. The van der Waals surface area contributed by atoms with Crippen LogP contribution in [0.3, 0.4) is 0 Å². The quantitative estimate of drug-likeness (QED) is 0.387. The van der Waals surface area contributed by atoms with E-state index in [0.29, 0.717) is 5.02 Å². The summed E-state index contributed by atoms with van der Waals surface area (Å²) in [7, 11) is 5.31. The summed E-state index contributed by atoms with van der Waals surface area (Å²) in [6.45, 7) is 0. The summed E-state index contributed by atoms with van der Waals surface area (Å²) < 4.78 is 8.98. The van der Waals surface area contributed by atoms with E-state index in [1.54, 1.807) is 37.3 Å². The molecule has 0 bridgehead atoms. The number of methoxy groups -OCH3 is 1. The van der Waals surface area contributed by atoms with Gasteiger partial charge in [-0.1, -0.05) is 41.9 Å². The van der Waals surface area contributed by atoms with Crippen molar-refractivity contribution in [2.24, 2.45) is 19.8 Å². The lowest BCUT2D eigenvalue weighted by molar-refractivity contribution is 0.415. The number of nitrogens with two attached hydrogens (primary N) is 1. The highest BCUT2D eigenvalue weighted by molar-refractivity contribution is 6.30. The van der Waals surface area contributed by atoms with E-state index in [9.17, 15) is 4.79 Å². The number of ether oxygens (including phenoxy) is 1. The zero-order valence-electron chi connectivity index (χ0n) is 19.7. The lowest BCUT2D eigenvalue weighted by Gasteiger charge is -2.32. The van der Waals surface area contributed by atoms with Crippen molar-refractivity contribution in [3.63, 3.8) is 0 Å². The highest BCUT2D eigenvalue weighted by atomic mass is 35.5. The van der Waals surface area contributed by atoms with Gasteiger partial charge in [-0.15, -0.1) is 0 Å². The van der Waals surface area contributed by atoms with Gasteiger partial charge >= 0.3 is 0 Å². The first-order valence-corrected chi connectivity index (χ1v) is 11.5. The van der Waals surface area contributed by atoms with Gasteiger partial charge in [-0.05, 0) is 58.7 Å². The molecule has 0 aliphatic heterocycles. The standard InChI is InChI=1S/C28H25ClN4O2/c1-32-17-31-16-26(32)28(30,19-7-5-8-21(29)13-19)20-10-11-25-24(14-20)23(15-27(34)33(25)2)18-6-4-9-22(12-18)35-3/h4-17H,30H2,1-3H3. The molecule has 1 unspecified atom stereocenters. The molecule has 5 rings (SSSR count). The third-order valence-corrected chi connectivity index (χ3v) is 6.82. The van der Waals surface area contributed by atoms with Crippen molar-refractivity contribution in [1.82, 2.24) is 14.1 Å². The van der Waals surface area contributed by atoms with Gasteiger partial charge in [-0.25, -0.2) is 4.98 Å². The van der Waals surface area contributed by atoms with E-state index in [4.69, 9.17) is 22.1 Å². The zero-order chi connectivity index (χ0) is 24.7. The number of benzene rings is 3. The van der Waals surface area contributed by atoms with Crippen LogP contribution in [0.2, 0.25) is 5.02 Å². The predicted molar refractivity (Wildman–Crippen MR) is 140 cm³/mol. The first-order chi connectivity index (χ1) is 16.8. The van der Waals surface area contributed by atoms with Crippen molar-refractivity contribution >= 4 is 22.5 Å². The monoisotopic (exact) mass is 484 g/mol. The van der Waals surface area contributed by atoms with Crippen LogP contribution in [0.25, 0.3) is 22.0 Å². The van der Waals surface area contributed by atoms with E-state index < -0.39 is 5.54 Å². The summed E-state index contributed by atoms with van der Waals surface area (Å²) in [6.07, 6.45) is 3.50. The molecule has 6 nitrogen and oxygen atoms in total. The second-order valence-corrected chi connectivity index (χ2v) is 9.06. The molecule has 3 aromatic carbocycles. The van der Waals surface area contributed by atoms with Crippen molar-refractivity contribution in [3.05, 3.63) is 118 Å². The fraction of sp³-hybridized carbons (Fsp3) is 0.143. The van der Waals surface area contributed by atoms with E-state index >= 15 is 0 Å². The number of aryl methyl sites for hydroxylation is 2. The summed E-state index contributed by atoms with van der Waals surface area (Å²) >= 11 is 6.38. The van der Waals surface area contributed by atoms with E-state index in [1.807, 2.05) is 72.3 Å². The molecule has 7 heteroatoms. The Hall–Kier alpha value is -3.87. The van der Waals surface area contributed by atoms with Gasteiger partial charge in [0.25, 0.3) is 5.56 Å². The fourth-order valence-electron chi connectivity index (χ4n) is 4.67. The molecule has 0 amide bonds. The molecule has 0 saturated carbocycles. The van der Waals surface area contributed by atoms with E-state index in [1.165, 1.54) is 0 Å². The molecule has 0 fully saturated rings. The molecule has 176 valence electrons. The number of hydrogen-bond acceptors (Lipinski definition) is 4. The molecule has 0 radical (unpaired) electrons. The van der Waals surface area contributed by atoms with Gasteiger partial charge in [0.1, 0.15) is 11.3 Å². The molecule has 0 spiro atoms. The summed E-state index contributed by atoms with van der Waals surface area (Å²) in [6, 6.07) is 22.9. The van der Waals surface area contributed by atoms with Crippen LogP contribution in [0, 0.1) is 0 Å². The summed E-state index contributed by atoms with van der Waals surface area (Å²) in [4.78, 5) is 17.2. The van der Waals surface area contributed by atoms with Crippen molar-refractivity contribution < 1.29 is 4.74 Å². The molecule has 0 saturated heterocycles. The number of nitrogens with zero attached hydrogens (tertiary/aromatic N) is 3. The van der Waals surface area contributed by atoms with Crippen molar-refractivity contribution in [3.8, 4) is 16.9 Å². The molecular weight excluding hydrogens is 460 g/mol. The maximum absolute atomic E-state index is 12.8. The summed E-state index contributed by atoms with van der Waals surface area (Å²) in [5, 5.41) is 1.50. The van der Waals surface area contributed by atoms with Crippen LogP contribution >= 0.6 is 11.6 Å². The van der Waals surface area contributed by atoms with Gasteiger partial charge < -0.3 is 19.6 Å². The van der Waals surface area contributed by atoms with Crippen LogP contribution in [0.15, 0.2) is 90.1 Å². The van der Waals surface area contributed by atoms with Gasteiger partial charge in [0.05, 0.1) is 30.8 Å². The molecule has 2 aromatic heterocycles. The second-order valence-electron chi connectivity index (χ2n) is 8.63. The normalized spacial score (nSPS) is 13.1. The van der Waals surface area contributed by atoms with Gasteiger partial charge in [0.15, 0.2) is 0 Å². The largest absolute Gasteiger partial charge is 0.497 e. The van der Waals surface area contributed by atoms with Crippen molar-refractivity contribution in [1.29, 1.82) is 0 Å². The van der Waals surface area contributed by atoms with Crippen LogP contribution in [-0.4, -0.2) is 21.2 Å². The minimum atomic E-state index is -1.04. The minimum Gasteiger partial charge on any atom is -0.497 e. The third kappa shape index (κ3) is 3.81. The Morgan fingerprint density at radius 2 is 1.74 bits per heavy atom. The third-order valence-electron chi connectivity index (χ3n) is 6.58. The maximum atomic E-state index is 12.8. The average molecular weight is 485 g/mol. The Bertz CT molecular complexity index is 1620. The van der Waals surface area contributed by atoms with Gasteiger partial charge in [-0.2, -0.15) is 0 Å². The molecule has 0 aliphatic rings. The Morgan fingerprint density at radius 1 is 0.971 bits per heavy atom. The lowest BCUT2D eigenvalue weighted by atomic mass is 9.80. The van der Waals surface area contributed by atoms with Crippen LogP contribution in [0.5, 0.6) is 5.75 Å². The molecular formula is C28H25ClN4O2. The van der Waals surface area contributed by atoms with Crippen LogP contribution in [0.1, 0.15) is 16.8 Å². The number of imidazole rings is 1. The zero-order valence-corrected chi connectivity index (χ0v) is 20.5. The molecule has 2 N–H and O–H groups in total. The van der Waals surface area contributed by atoms with Gasteiger partial charge in [-0.3, -0.25) is 4.79 Å². The molecule has 1 atom stereocenters. The summed E-state index contributed by atoms with van der Waals surface area (Å²) in [5.74, 6) is 0.717. The Balaban J connectivity index is 1.84. The van der Waals surface area contributed by atoms with E-state index in [-0.39, 0.29) is 5.56 Å². The van der Waals surface area contributed by atoms with E-state index in [2.05, 4.69) is 11.1 Å². The van der Waals surface area contributed by atoms with Crippen LogP contribution in [0.4, 0.5) is 0 Å². The number of fused-ring (bicyclic) bond motifs is 1. The molecule has 35 heavy (non-hydrogen) atoms. The fourth-order valence-corrected chi connectivity index (χ4v) is 4.86. The number of rotatable bonds is 5. The number of halogens is 1. The summed E-state index contributed by atoms with van der Waals surface area (Å²) in [5.41, 5.74) is 11.1. The van der Waals surface area contributed by atoms with Crippen LogP contribution < -0.4 is 16.0 Å². The number of hydrogen-bond donors (Lipinski definition) is 1. The highest BCUT2D eigenvalue weighted by Gasteiger charge is 2.35.